The minimum atomic E-state index is -1.47. The van der Waals surface area contributed by atoms with Gasteiger partial charge in [-0.1, -0.05) is 19.1 Å². The largest absolute Gasteiger partial charge is 0.481 e. The Morgan fingerprint density at radius 1 is 1.19 bits per heavy atom. The summed E-state index contributed by atoms with van der Waals surface area (Å²) in [5.41, 5.74) is 4.60. The Balaban J connectivity index is 0.000000516. The smallest absolute Gasteiger partial charge is 0.326 e. The Hall–Kier alpha value is -2.91. The van der Waals surface area contributed by atoms with Gasteiger partial charge in [0, 0.05) is 18.8 Å². The molecule has 6 N–H and O–H groups in total. The van der Waals surface area contributed by atoms with Crippen LogP contribution >= 0.6 is 0 Å². The highest BCUT2D eigenvalue weighted by Crippen LogP contribution is 2.33. The zero-order valence-corrected chi connectivity index (χ0v) is 15.1. The van der Waals surface area contributed by atoms with Crippen LogP contribution in [-0.2, 0) is 19.2 Å². The van der Waals surface area contributed by atoms with Crippen LogP contribution in [0.1, 0.15) is 45.4 Å². The molecular formula is C17H26N2O8. The lowest BCUT2D eigenvalue weighted by Gasteiger charge is -2.14. The highest BCUT2D eigenvalue weighted by molar-refractivity contribution is 5.85. The van der Waals surface area contributed by atoms with Gasteiger partial charge in [0.05, 0.1) is 6.42 Å². The Morgan fingerprint density at radius 2 is 1.81 bits per heavy atom. The second-order valence-electron chi connectivity index (χ2n) is 6.08. The van der Waals surface area contributed by atoms with Gasteiger partial charge in [0.1, 0.15) is 11.8 Å². The maximum absolute atomic E-state index is 11.5. The van der Waals surface area contributed by atoms with Crippen molar-refractivity contribution in [1.29, 1.82) is 0 Å². The molecule has 0 aliphatic heterocycles. The van der Waals surface area contributed by atoms with Crippen molar-refractivity contribution < 1.29 is 39.3 Å². The summed E-state index contributed by atoms with van der Waals surface area (Å²) in [7, 11) is 0. The zero-order chi connectivity index (χ0) is 21.0. The van der Waals surface area contributed by atoms with Crippen molar-refractivity contribution in [1.82, 2.24) is 5.32 Å². The van der Waals surface area contributed by atoms with E-state index in [1.54, 1.807) is 5.32 Å². The fourth-order valence-electron chi connectivity index (χ4n) is 2.73. The number of primary amides is 1. The summed E-state index contributed by atoms with van der Waals surface area (Å²) < 4.78 is 0. The molecule has 0 bridgehead atoms. The Bertz CT molecular complexity index is 571. The van der Waals surface area contributed by atoms with Crippen LogP contribution in [0.5, 0.6) is 0 Å². The molecule has 10 nitrogen and oxygen atoms in total. The van der Waals surface area contributed by atoms with E-state index in [0.717, 1.165) is 12.8 Å². The van der Waals surface area contributed by atoms with Gasteiger partial charge in [0.25, 0.3) is 0 Å². The molecule has 2 amide bonds. The monoisotopic (exact) mass is 386 g/mol. The second-order valence-corrected chi connectivity index (χ2v) is 6.08. The predicted octanol–water partition coefficient (Wildman–Crippen LogP) is 0.995. The lowest BCUT2D eigenvalue weighted by atomic mass is 9.89. The van der Waals surface area contributed by atoms with Crippen LogP contribution in [0.15, 0.2) is 12.2 Å². The van der Waals surface area contributed by atoms with Gasteiger partial charge in [-0.25, -0.2) is 9.59 Å². The Labute approximate surface area is 156 Å². The molecule has 0 unspecified atom stereocenters. The van der Waals surface area contributed by atoms with Crippen molar-refractivity contribution in [3.63, 3.8) is 0 Å². The van der Waals surface area contributed by atoms with E-state index >= 15 is 0 Å². The van der Waals surface area contributed by atoms with E-state index in [0.29, 0.717) is 12.8 Å². The summed E-state index contributed by atoms with van der Waals surface area (Å²) in [5, 5.41) is 27.0. The molecule has 152 valence electrons. The third-order valence-corrected chi connectivity index (χ3v) is 3.97. The maximum Gasteiger partial charge on any atom is 0.326 e. The van der Waals surface area contributed by atoms with Crippen molar-refractivity contribution in [2.75, 3.05) is 0 Å². The van der Waals surface area contributed by atoms with Crippen LogP contribution in [-0.4, -0.2) is 51.1 Å². The number of carbonyl (C=O) groups is 5. The number of hydrogen-bond acceptors (Lipinski definition) is 5. The molecular weight excluding hydrogens is 360 g/mol. The number of Topliss-reactive ketones (excluding diaryl/α,β-unsaturated/α-hetero) is 1. The molecule has 0 saturated heterocycles. The third kappa shape index (κ3) is 10.6. The fraction of sp³-hybridized carbons (Fsp3) is 0.588. The number of amides is 2. The number of nitrogens with two attached hydrogens (primary N) is 1. The SMILES string of the molecule is CC/C=C\C[C@H]1C(=O)CC[C@@H]1CC(=O)O.NC(=O)N[C@@H](CC(=O)O)C(=O)O. The number of rotatable bonds is 9. The van der Waals surface area contributed by atoms with E-state index in [1.807, 2.05) is 19.1 Å². The minimum absolute atomic E-state index is 0.0519. The lowest BCUT2D eigenvalue weighted by molar-refractivity contribution is -0.145. The van der Waals surface area contributed by atoms with Crippen LogP contribution < -0.4 is 11.1 Å². The third-order valence-electron chi connectivity index (χ3n) is 3.97. The number of ketones is 1. The fourth-order valence-corrected chi connectivity index (χ4v) is 2.73. The summed E-state index contributed by atoms with van der Waals surface area (Å²) in [6.45, 7) is 2.04. The molecule has 0 radical (unpaired) electrons. The van der Waals surface area contributed by atoms with Gasteiger partial charge in [-0.3, -0.25) is 14.4 Å². The quantitative estimate of drug-likeness (QED) is 0.363. The molecule has 0 aromatic heterocycles. The normalized spacial score (nSPS) is 19.8. The maximum atomic E-state index is 11.5. The van der Waals surface area contributed by atoms with Gasteiger partial charge in [0.15, 0.2) is 0 Å². The van der Waals surface area contributed by atoms with Crippen molar-refractivity contribution >= 4 is 29.7 Å². The van der Waals surface area contributed by atoms with Crippen LogP contribution in [0.3, 0.4) is 0 Å². The summed E-state index contributed by atoms with van der Waals surface area (Å²) >= 11 is 0. The summed E-state index contributed by atoms with van der Waals surface area (Å²) in [6.07, 6.45) is 6.45. The van der Waals surface area contributed by atoms with Gasteiger partial charge in [0.2, 0.25) is 0 Å². The second kappa shape index (κ2) is 12.4. The number of urea groups is 1. The van der Waals surface area contributed by atoms with Gasteiger partial charge in [-0.15, -0.1) is 0 Å². The number of aliphatic carboxylic acids is 3. The Kier molecular flexibility index (Phi) is 11.1. The number of allylic oxidation sites excluding steroid dienone is 2. The summed E-state index contributed by atoms with van der Waals surface area (Å²) in [4.78, 5) is 52.6. The van der Waals surface area contributed by atoms with E-state index in [4.69, 9.17) is 15.3 Å². The number of hydrogen-bond donors (Lipinski definition) is 5. The van der Waals surface area contributed by atoms with E-state index < -0.39 is 36.4 Å². The van der Waals surface area contributed by atoms with Crippen molar-refractivity contribution in [3.8, 4) is 0 Å². The zero-order valence-electron chi connectivity index (χ0n) is 15.1. The molecule has 27 heavy (non-hydrogen) atoms. The number of nitrogens with one attached hydrogen (secondary N) is 1. The first kappa shape index (κ1) is 24.1. The van der Waals surface area contributed by atoms with E-state index in [2.05, 4.69) is 5.73 Å². The van der Waals surface area contributed by atoms with Gasteiger partial charge >= 0.3 is 23.9 Å². The molecule has 1 saturated carbocycles. The van der Waals surface area contributed by atoms with E-state index in [-0.39, 0.29) is 24.0 Å². The number of carboxylic acid groups (broad SMARTS) is 3. The van der Waals surface area contributed by atoms with Gasteiger partial charge < -0.3 is 26.4 Å². The minimum Gasteiger partial charge on any atom is -0.481 e. The van der Waals surface area contributed by atoms with Gasteiger partial charge in [-0.2, -0.15) is 0 Å². The summed E-state index contributed by atoms with van der Waals surface area (Å²) in [5.74, 6) is -3.31. The van der Waals surface area contributed by atoms with Crippen molar-refractivity contribution in [3.05, 3.63) is 12.2 Å². The average molecular weight is 386 g/mol. The van der Waals surface area contributed by atoms with Crippen LogP contribution in [0.25, 0.3) is 0 Å². The predicted molar refractivity (Wildman–Crippen MR) is 93.9 cm³/mol. The summed E-state index contributed by atoms with van der Waals surface area (Å²) in [6, 6.07) is -2.54. The molecule has 10 heteroatoms. The van der Waals surface area contributed by atoms with Crippen molar-refractivity contribution in [2.45, 2.75) is 51.5 Å². The van der Waals surface area contributed by atoms with Crippen LogP contribution in [0, 0.1) is 11.8 Å². The first-order valence-electron chi connectivity index (χ1n) is 8.48. The molecule has 0 spiro atoms. The molecule has 1 aliphatic carbocycles. The molecule has 1 aliphatic rings. The standard InChI is InChI=1S/C12H18O3.C5H8N2O5/c1-2-3-4-5-10-9(8-12(14)15)6-7-11(10)13;6-5(12)7-2(4(10)11)1-3(8)9/h3-4,9-10H,2,5-8H2,1H3,(H,14,15);2H,1H2,(H,8,9)(H,10,11)(H3,6,7,12)/b4-3-;/t9-,10-;2-/m10/s1. The molecule has 0 aromatic carbocycles. The van der Waals surface area contributed by atoms with Crippen molar-refractivity contribution in [2.24, 2.45) is 17.6 Å². The molecule has 3 atom stereocenters. The van der Waals surface area contributed by atoms with Crippen LogP contribution in [0.2, 0.25) is 0 Å². The topological polar surface area (TPSA) is 184 Å². The first-order valence-corrected chi connectivity index (χ1v) is 8.48. The van der Waals surface area contributed by atoms with Crippen LogP contribution in [0.4, 0.5) is 4.79 Å². The molecule has 1 fully saturated rings. The van der Waals surface area contributed by atoms with E-state index in [9.17, 15) is 24.0 Å². The average Bonchev–Trinajstić information content (AvgIpc) is 2.86. The molecule has 0 aromatic rings. The lowest BCUT2D eigenvalue weighted by Crippen LogP contribution is -2.44. The molecule has 1 rings (SSSR count). The first-order chi connectivity index (χ1) is 12.6. The number of carboxylic acids is 3. The highest BCUT2D eigenvalue weighted by atomic mass is 16.4. The highest BCUT2D eigenvalue weighted by Gasteiger charge is 2.34. The molecule has 0 heterocycles. The van der Waals surface area contributed by atoms with Gasteiger partial charge in [-0.05, 0) is 25.2 Å². The number of carbonyl (C=O) groups excluding carboxylic acids is 2. The Morgan fingerprint density at radius 3 is 2.26 bits per heavy atom. The van der Waals surface area contributed by atoms with E-state index in [1.165, 1.54) is 0 Å².